The van der Waals surface area contributed by atoms with Gasteiger partial charge in [-0.2, -0.15) is 0 Å². The Bertz CT molecular complexity index is 501. The topological polar surface area (TPSA) is 95.7 Å². The Labute approximate surface area is 106 Å². The van der Waals surface area contributed by atoms with Crippen LogP contribution in [0.1, 0.15) is 17.3 Å². The van der Waals surface area contributed by atoms with Gasteiger partial charge in [0.15, 0.2) is 0 Å². The van der Waals surface area contributed by atoms with Crippen molar-refractivity contribution in [2.45, 2.75) is 6.92 Å². The molecular formula is C10H8ClNO6. The number of halogens is 1. The summed E-state index contributed by atoms with van der Waals surface area (Å²) < 4.78 is 9.20. The highest BCUT2D eigenvalue weighted by molar-refractivity contribution is 6.68. The van der Waals surface area contributed by atoms with Crippen molar-refractivity contribution in [1.82, 2.24) is 0 Å². The number of nitro benzene ring substituents is 1. The summed E-state index contributed by atoms with van der Waals surface area (Å²) >= 11 is 5.25. The first-order chi connectivity index (χ1) is 8.45. The van der Waals surface area contributed by atoms with Crippen LogP contribution in [0.25, 0.3) is 0 Å². The number of hydrogen-bond donors (Lipinski definition) is 0. The first-order valence-corrected chi connectivity index (χ1v) is 5.16. The number of hydrogen-bond acceptors (Lipinski definition) is 6. The lowest BCUT2D eigenvalue weighted by molar-refractivity contribution is -0.384. The van der Waals surface area contributed by atoms with Crippen molar-refractivity contribution in [2.75, 3.05) is 6.61 Å². The fourth-order valence-electron chi connectivity index (χ4n) is 1.11. The lowest BCUT2D eigenvalue weighted by Crippen LogP contribution is -2.12. The van der Waals surface area contributed by atoms with Gasteiger partial charge in [0.1, 0.15) is 5.75 Å². The molecule has 1 aromatic carbocycles. The molecule has 1 aromatic rings. The third-order valence-electron chi connectivity index (χ3n) is 1.84. The second-order valence-corrected chi connectivity index (χ2v) is 3.34. The molecule has 0 unspecified atom stereocenters. The maximum atomic E-state index is 11.1. The van der Waals surface area contributed by atoms with E-state index in [2.05, 4.69) is 4.74 Å². The largest absolute Gasteiger partial charge is 0.513 e. The van der Waals surface area contributed by atoms with Crippen molar-refractivity contribution in [3.05, 3.63) is 33.9 Å². The normalized spacial score (nSPS) is 9.67. The van der Waals surface area contributed by atoms with Crippen LogP contribution >= 0.6 is 11.6 Å². The number of carbonyl (C=O) groups excluding carboxylic acids is 2. The fourth-order valence-corrected chi connectivity index (χ4v) is 1.26. The van der Waals surface area contributed by atoms with E-state index < -0.39 is 16.3 Å². The zero-order chi connectivity index (χ0) is 13.7. The number of carbonyl (C=O) groups is 2. The molecule has 0 N–H and O–H groups in total. The molecule has 7 nitrogen and oxygen atoms in total. The molecule has 0 aliphatic rings. The highest BCUT2D eigenvalue weighted by Gasteiger charge is 2.18. The van der Waals surface area contributed by atoms with Crippen LogP contribution < -0.4 is 4.74 Å². The van der Waals surface area contributed by atoms with Gasteiger partial charge in [0, 0.05) is 12.1 Å². The zero-order valence-electron chi connectivity index (χ0n) is 9.21. The summed E-state index contributed by atoms with van der Waals surface area (Å²) in [5.74, 6) is -0.195. The van der Waals surface area contributed by atoms with Crippen molar-refractivity contribution in [3.63, 3.8) is 0 Å². The van der Waals surface area contributed by atoms with E-state index in [0.717, 1.165) is 18.2 Å². The first-order valence-electron chi connectivity index (χ1n) is 4.78. The molecule has 0 bridgehead atoms. The lowest BCUT2D eigenvalue weighted by Gasteiger charge is -2.06. The van der Waals surface area contributed by atoms with E-state index in [4.69, 9.17) is 16.3 Å². The second-order valence-electron chi connectivity index (χ2n) is 3.00. The fraction of sp³-hybridized carbons (Fsp3) is 0.200. The Morgan fingerprint density at radius 2 is 2.11 bits per heavy atom. The first kappa shape index (κ1) is 13.9. The van der Waals surface area contributed by atoms with Crippen LogP contribution in [0.15, 0.2) is 18.2 Å². The van der Waals surface area contributed by atoms with Crippen LogP contribution in [-0.4, -0.2) is 22.9 Å². The maximum absolute atomic E-state index is 11.1. The number of ether oxygens (including phenoxy) is 2. The molecular weight excluding hydrogens is 266 g/mol. The lowest BCUT2D eigenvalue weighted by atomic mass is 10.2. The molecule has 0 amide bonds. The number of rotatable bonds is 4. The summed E-state index contributed by atoms with van der Waals surface area (Å²) in [5, 5.41) is 9.56. The van der Waals surface area contributed by atoms with Crippen molar-refractivity contribution in [1.29, 1.82) is 0 Å². The third kappa shape index (κ3) is 3.42. The summed E-state index contributed by atoms with van der Waals surface area (Å²) in [4.78, 5) is 32.0. The number of nitrogens with zero attached hydrogens (tertiary/aromatic N) is 1. The van der Waals surface area contributed by atoms with E-state index in [0.29, 0.717) is 0 Å². The van der Waals surface area contributed by atoms with Gasteiger partial charge in [0.2, 0.25) is 0 Å². The third-order valence-corrected chi connectivity index (χ3v) is 2.04. The van der Waals surface area contributed by atoms with Crippen molar-refractivity contribution >= 4 is 28.7 Å². The minimum Gasteiger partial charge on any atom is -0.434 e. The molecule has 0 saturated heterocycles. The molecule has 0 heterocycles. The molecule has 0 aromatic heterocycles. The zero-order valence-corrected chi connectivity index (χ0v) is 9.97. The molecule has 8 heteroatoms. The van der Waals surface area contributed by atoms with Crippen LogP contribution in [0.4, 0.5) is 10.5 Å². The average molecular weight is 274 g/mol. The predicted octanol–water partition coefficient (Wildman–Crippen LogP) is 2.51. The Morgan fingerprint density at radius 1 is 1.44 bits per heavy atom. The Balaban J connectivity index is 3.08. The van der Waals surface area contributed by atoms with Gasteiger partial charge in [-0.15, -0.1) is 0 Å². The van der Waals surface area contributed by atoms with Gasteiger partial charge in [-0.25, -0.2) is 4.79 Å². The molecule has 0 aliphatic heterocycles. The molecule has 0 spiro atoms. The number of nitro groups is 1. The van der Waals surface area contributed by atoms with Crippen LogP contribution in [0.2, 0.25) is 0 Å². The van der Waals surface area contributed by atoms with Gasteiger partial charge in [-0.05, 0) is 24.6 Å². The smallest absolute Gasteiger partial charge is 0.434 e. The standard InChI is InChI=1S/C10H8ClNO6/c1-2-17-10(14)18-8-4-3-6(12(15)16)5-7(8)9(11)13/h3-5H,2H2,1H3. The van der Waals surface area contributed by atoms with Crippen molar-refractivity contribution in [3.8, 4) is 5.75 Å². The highest BCUT2D eigenvalue weighted by atomic mass is 35.5. The van der Waals surface area contributed by atoms with Gasteiger partial charge in [-0.3, -0.25) is 14.9 Å². The predicted molar refractivity (Wildman–Crippen MR) is 60.9 cm³/mol. The quantitative estimate of drug-likeness (QED) is 0.275. The minimum absolute atomic E-state index is 0.0932. The maximum Gasteiger partial charge on any atom is 0.513 e. The Morgan fingerprint density at radius 3 is 2.61 bits per heavy atom. The van der Waals surface area contributed by atoms with Gasteiger partial charge >= 0.3 is 6.16 Å². The van der Waals surface area contributed by atoms with E-state index in [-0.39, 0.29) is 23.6 Å². The van der Waals surface area contributed by atoms with Gasteiger partial charge < -0.3 is 9.47 Å². The minimum atomic E-state index is -1.02. The monoisotopic (exact) mass is 273 g/mol. The van der Waals surface area contributed by atoms with Crippen LogP contribution in [0.5, 0.6) is 5.75 Å². The van der Waals surface area contributed by atoms with E-state index in [1.807, 2.05) is 0 Å². The van der Waals surface area contributed by atoms with Gasteiger partial charge in [0.05, 0.1) is 17.1 Å². The summed E-state index contributed by atoms with van der Waals surface area (Å²) in [5.41, 5.74) is -0.617. The van der Waals surface area contributed by atoms with Crippen molar-refractivity contribution < 1.29 is 24.0 Å². The van der Waals surface area contributed by atoms with E-state index in [1.165, 1.54) is 0 Å². The molecule has 0 saturated carbocycles. The van der Waals surface area contributed by atoms with Crippen LogP contribution in [0, 0.1) is 10.1 Å². The van der Waals surface area contributed by atoms with Gasteiger partial charge in [-0.1, -0.05) is 0 Å². The van der Waals surface area contributed by atoms with E-state index >= 15 is 0 Å². The second kappa shape index (κ2) is 5.97. The van der Waals surface area contributed by atoms with Crippen LogP contribution in [-0.2, 0) is 4.74 Å². The average Bonchev–Trinajstić information content (AvgIpc) is 2.29. The summed E-state index contributed by atoms with van der Waals surface area (Å²) in [7, 11) is 0. The Hall–Kier alpha value is -2.15. The van der Waals surface area contributed by atoms with Gasteiger partial charge in [0.25, 0.3) is 10.9 Å². The molecule has 0 radical (unpaired) electrons. The van der Waals surface area contributed by atoms with E-state index in [1.54, 1.807) is 6.92 Å². The molecule has 96 valence electrons. The molecule has 0 fully saturated rings. The Kier molecular flexibility index (Phi) is 4.61. The van der Waals surface area contributed by atoms with E-state index in [9.17, 15) is 19.7 Å². The number of benzene rings is 1. The SMILES string of the molecule is CCOC(=O)Oc1ccc([N+](=O)[O-])cc1C(=O)Cl. The number of non-ortho nitro benzene ring substituents is 1. The molecule has 1 rings (SSSR count). The molecule has 0 atom stereocenters. The summed E-state index contributed by atoms with van der Waals surface area (Å²) in [6.07, 6.45) is -1.02. The summed E-state index contributed by atoms with van der Waals surface area (Å²) in [6.45, 7) is 1.67. The molecule has 18 heavy (non-hydrogen) atoms. The van der Waals surface area contributed by atoms with Crippen molar-refractivity contribution in [2.24, 2.45) is 0 Å². The van der Waals surface area contributed by atoms with Crippen LogP contribution in [0.3, 0.4) is 0 Å². The summed E-state index contributed by atoms with van der Waals surface area (Å²) in [6, 6.07) is 3.10. The highest BCUT2D eigenvalue weighted by Crippen LogP contribution is 2.26. The molecule has 0 aliphatic carbocycles.